The second kappa shape index (κ2) is 6.06. The van der Waals surface area contributed by atoms with Gasteiger partial charge in [0.25, 0.3) is 5.91 Å². The lowest BCUT2D eigenvalue weighted by molar-refractivity contribution is 0.0996. The first kappa shape index (κ1) is 15.2. The van der Waals surface area contributed by atoms with E-state index in [0.29, 0.717) is 10.2 Å². The van der Waals surface area contributed by atoms with Gasteiger partial charge in [-0.15, -0.1) is 0 Å². The maximum Gasteiger partial charge on any atom is 0.251 e. The van der Waals surface area contributed by atoms with Gasteiger partial charge in [0.2, 0.25) is 0 Å². The Hall–Kier alpha value is -1.20. The smallest absolute Gasteiger partial charge is 0.251 e. The van der Waals surface area contributed by atoms with Gasteiger partial charge in [0, 0.05) is 12.2 Å². The fourth-order valence-corrected chi connectivity index (χ4v) is 3.48. The lowest BCUT2D eigenvalue weighted by Gasteiger charge is -2.32. The van der Waals surface area contributed by atoms with Crippen LogP contribution in [0.4, 0.5) is 0 Å². The predicted octanol–water partition coefficient (Wildman–Crippen LogP) is 2.62. The highest BCUT2D eigenvalue weighted by Gasteiger charge is 2.18. The van der Waals surface area contributed by atoms with Crippen LogP contribution in [0, 0.1) is 24.4 Å². The minimum absolute atomic E-state index is 0.437. The molecule has 1 aromatic rings. The van der Waals surface area contributed by atoms with E-state index in [2.05, 4.69) is 11.8 Å². The summed E-state index contributed by atoms with van der Waals surface area (Å²) in [5.41, 5.74) is 7.88. The molecule has 1 amide bonds. The van der Waals surface area contributed by atoms with Crippen LogP contribution in [0.3, 0.4) is 0 Å². The second-order valence-corrected chi connectivity index (χ2v) is 6.29. The third kappa shape index (κ3) is 3.10. The molecule has 1 aliphatic rings. The van der Waals surface area contributed by atoms with Crippen molar-refractivity contribution in [2.75, 3.05) is 13.1 Å². The predicted molar refractivity (Wildman–Crippen MR) is 83.2 cm³/mol. The summed E-state index contributed by atoms with van der Waals surface area (Å²) in [5, 5.41) is 0. The Morgan fingerprint density at radius 1 is 1.50 bits per heavy atom. The normalized spacial score (nSPS) is 20.1. The summed E-state index contributed by atoms with van der Waals surface area (Å²) in [7, 11) is 0. The van der Waals surface area contributed by atoms with E-state index in [1.54, 1.807) is 0 Å². The number of rotatable bonds is 3. The molecule has 1 atom stereocenters. The molecule has 0 saturated carbocycles. The molecule has 1 saturated heterocycles. The Kier molecular flexibility index (Phi) is 4.60. The Labute approximate surface area is 125 Å². The number of hydrogen-bond donors (Lipinski definition) is 1. The highest BCUT2D eigenvalue weighted by atomic mass is 32.1. The molecule has 0 bridgehead atoms. The molecule has 0 radical (unpaired) electrons. The van der Waals surface area contributed by atoms with Crippen molar-refractivity contribution in [3.8, 4) is 0 Å². The van der Waals surface area contributed by atoms with E-state index in [0.717, 1.165) is 36.9 Å². The highest BCUT2D eigenvalue weighted by molar-refractivity contribution is 7.71. The number of nitrogens with two attached hydrogens (primary N) is 1. The minimum atomic E-state index is -0.437. The number of carbonyl (C=O) groups is 1. The third-order valence-electron chi connectivity index (χ3n) is 4.03. The first-order valence-corrected chi connectivity index (χ1v) is 7.54. The molecule has 110 valence electrons. The van der Waals surface area contributed by atoms with Crippen molar-refractivity contribution >= 4 is 18.1 Å². The van der Waals surface area contributed by atoms with Crippen molar-refractivity contribution in [1.29, 1.82) is 0 Å². The molecule has 5 heteroatoms. The number of primary amides is 1. The Bertz CT molecular complexity index is 579. The lowest BCUT2D eigenvalue weighted by Crippen LogP contribution is -2.36. The van der Waals surface area contributed by atoms with E-state index in [9.17, 15) is 4.79 Å². The molecular weight excluding hydrogens is 270 g/mol. The lowest BCUT2D eigenvalue weighted by atomic mass is 10.0. The van der Waals surface area contributed by atoms with Crippen LogP contribution in [0.1, 0.15) is 41.4 Å². The maximum absolute atomic E-state index is 11.6. The molecule has 1 aliphatic heterocycles. The van der Waals surface area contributed by atoms with Crippen molar-refractivity contribution in [3.63, 3.8) is 0 Å². The Balaban J connectivity index is 2.34. The number of piperidine rings is 1. The van der Waals surface area contributed by atoms with Crippen LogP contribution >= 0.6 is 12.2 Å². The summed E-state index contributed by atoms with van der Waals surface area (Å²) in [5.74, 6) is 0.285. The van der Waals surface area contributed by atoms with E-state index < -0.39 is 5.91 Å². The molecule has 0 aromatic carbocycles. The standard InChI is InChI=1S/C15H23N3OS/c1-10-5-4-6-17(8-10)9-18-12(3)7-11(2)13(14(16)19)15(18)20/h7,10H,4-6,8-9H2,1-3H3,(H2,16,19)/t10-/m0/s1. The summed E-state index contributed by atoms with van der Waals surface area (Å²) in [6.07, 6.45) is 2.52. The van der Waals surface area contributed by atoms with Gasteiger partial charge in [-0.25, -0.2) is 0 Å². The molecular formula is C15H23N3OS. The van der Waals surface area contributed by atoms with Crippen LogP contribution in [0.2, 0.25) is 0 Å². The fourth-order valence-electron chi connectivity index (χ4n) is 3.02. The molecule has 4 nitrogen and oxygen atoms in total. The zero-order chi connectivity index (χ0) is 14.9. The number of likely N-dealkylation sites (tertiary alicyclic amines) is 1. The molecule has 2 heterocycles. The van der Waals surface area contributed by atoms with Crippen LogP contribution in [-0.2, 0) is 6.67 Å². The molecule has 0 aliphatic carbocycles. The van der Waals surface area contributed by atoms with Crippen molar-refractivity contribution in [2.45, 2.75) is 40.3 Å². The highest BCUT2D eigenvalue weighted by Crippen LogP contribution is 2.19. The van der Waals surface area contributed by atoms with E-state index in [1.807, 2.05) is 24.5 Å². The number of carbonyl (C=O) groups excluding carboxylic acids is 1. The van der Waals surface area contributed by atoms with Gasteiger partial charge in [0.15, 0.2) is 0 Å². The molecule has 0 unspecified atom stereocenters. The molecule has 1 aromatic heterocycles. The average Bonchev–Trinajstić information content (AvgIpc) is 2.33. The largest absolute Gasteiger partial charge is 0.365 e. The minimum Gasteiger partial charge on any atom is -0.365 e. The molecule has 20 heavy (non-hydrogen) atoms. The number of aromatic nitrogens is 1. The number of nitrogens with zero attached hydrogens (tertiary/aromatic N) is 2. The maximum atomic E-state index is 11.6. The van der Waals surface area contributed by atoms with Gasteiger partial charge in [0.05, 0.1) is 12.2 Å². The van der Waals surface area contributed by atoms with Crippen LogP contribution in [0.25, 0.3) is 0 Å². The monoisotopic (exact) mass is 293 g/mol. The van der Waals surface area contributed by atoms with Crippen molar-refractivity contribution in [3.05, 3.63) is 27.5 Å². The number of pyridine rings is 1. The van der Waals surface area contributed by atoms with E-state index in [1.165, 1.54) is 12.8 Å². The van der Waals surface area contributed by atoms with Gasteiger partial charge < -0.3 is 10.3 Å². The second-order valence-electron chi connectivity index (χ2n) is 5.91. The van der Waals surface area contributed by atoms with Gasteiger partial charge in [-0.2, -0.15) is 0 Å². The van der Waals surface area contributed by atoms with Gasteiger partial charge in [0.1, 0.15) is 4.64 Å². The van der Waals surface area contributed by atoms with Gasteiger partial charge in [-0.3, -0.25) is 9.69 Å². The Morgan fingerprint density at radius 2 is 2.20 bits per heavy atom. The fraction of sp³-hybridized carbons (Fsp3) is 0.600. The van der Waals surface area contributed by atoms with Crippen molar-refractivity contribution in [2.24, 2.45) is 11.7 Å². The van der Waals surface area contributed by atoms with Crippen molar-refractivity contribution < 1.29 is 4.79 Å². The summed E-state index contributed by atoms with van der Waals surface area (Å²) >= 11 is 5.48. The quantitative estimate of drug-likeness (QED) is 0.872. The van der Waals surface area contributed by atoms with Gasteiger partial charge in [-0.1, -0.05) is 19.1 Å². The third-order valence-corrected chi connectivity index (χ3v) is 4.46. The number of hydrogen-bond acceptors (Lipinski definition) is 3. The SMILES string of the molecule is Cc1cc(C)n(CN2CCC[C@H](C)C2)c(=S)c1C(N)=O. The summed E-state index contributed by atoms with van der Waals surface area (Å²) in [4.78, 5) is 14.0. The molecule has 0 spiro atoms. The first-order chi connectivity index (χ1) is 9.40. The molecule has 1 fully saturated rings. The van der Waals surface area contributed by atoms with Crippen LogP contribution in [-0.4, -0.2) is 28.5 Å². The van der Waals surface area contributed by atoms with Gasteiger partial charge in [-0.05, 0) is 50.8 Å². The molecule has 2 rings (SSSR count). The zero-order valence-electron chi connectivity index (χ0n) is 12.5. The Morgan fingerprint density at radius 3 is 2.80 bits per heavy atom. The summed E-state index contributed by atoms with van der Waals surface area (Å²) < 4.78 is 2.59. The molecule has 2 N–H and O–H groups in total. The topological polar surface area (TPSA) is 51.3 Å². The number of amides is 1. The average molecular weight is 293 g/mol. The van der Waals surface area contributed by atoms with E-state index >= 15 is 0 Å². The zero-order valence-corrected chi connectivity index (χ0v) is 13.3. The van der Waals surface area contributed by atoms with Crippen LogP contribution in [0.5, 0.6) is 0 Å². The summed E-state index contributed by atoms with van der Waals surface area (Å²) in [6, 6.07) is 1.99. The number of aryl methyl sites for hydroxylation is 2. The van der Waals surface area contributed by atoms with Crippen LogP contribution in [0.15, 0.2) is 6.07 Å². The van der Waals surface area contributed by atoms with E-state index in [-0.39, 0.29) is 0 Å². The van der Waals surface area contributed by atoms with E-state index in [4.69, 9.17) is 18.0 Å². The van der Waals surface area contributed by atoms with Crippen LogP contribution < -0.4 is 5.73 Å². The van der Waals surface area contributed by atoms with Crippen molar-refractivity contribution in [1.82, 2.24) is 9.47 Å². The first-order valence-electron chi connectivity index (χ1n) is 7.13. The van der Waals surface area contributed by atoms with Gasteiger partial charge >= 0.3 is 0 Å². The summed E-state index contributed by atoms with van der Waals surface area (Å²) in [6.45, 7) is 9.11.